The number of hydrogen-bond acceptors (Lipinski definition) is 2. The van der Waals surface area contributed by atoms with Gasteiger partial charge in [-0.1, -0.05) is 19.1 Å². The van der Waals surface area contributed by atoms with Crippen molar-refractivity contribution in [2.45, 2.75) is 33.6 Å². The van der Waals surface area contributed by atoms with Gasteiger partial charge in [0.05, 0.1) is 5.41 Å². The highest BCUT2D eigenvalue weighted by Gasteiger charge is 2.39. The molecule has 1 aliphatic heterocycles. The Morgan fingerprint density at radius 1 is 1.44 bits per heavy atom. The van der Waals surface area contributed by atoms with E-state index in [1.165, 1.54) is 5.56 Å². The van der Waals surface area contributed by atoms with Gasteiger partial charge < -0.3 is 10.6 Å². The van der Waals surface area contributed by atoms with E-state index in [4.69, 9.17) is 0 Å². The van der Waals surface area contributed by atoms with Crippen LogP contribution in [0.5, 0.6) is 0 Å². The van der Waals surface area contributed by atoms with Crippen molar-refractivity contribution in [2.24, 2.45) is 5.41 Å². The fourth-order valence-corrected chi connectivity index (χ4v) is 2.53. The number of hydrogen-bond donors (Lipinski definition) is 2. The molecule has 2 N–H and O–H groups in total. The van der Waals surface area contributed by atoms with Crippen LogP contribution in [0.15, 0.2) is 18.2 Å². The van der Waals surface area contributed by atoms with E-state index >= 15 is 0 Å². The van der Waals surface area contributed by atoms with E-state index in [1.807, 2.05) is 19.9 Å². The summed E-state index contributed by atoms with van der Waals surface area (Å²) in [4.78, 5) is 12.5. The van der Waals surface area contributed by atoms with Gasteiger partial charge in [0.15, 0.2) is 0 Å². The highest BCUT2D eigenvalue weighted by Crippen LogP contribution is 2.31. The molecule has 0 aromatic heterocycles. The van der Waals surface area contributed by atoms with Gasteiger partial charge in [0.1, 0.15) is 0 Å². The lowest BCUT2D eigenvalue weighted by atomic mass is 9.83. The summed E-state index contributed by atoms with van der Waals surface area (Å²) in [7, 11) is 0. The standard InChI is InChI=1S/C15H22N2O/c1-4-15(7-8-16-10-15)14(18)17-13-9-11(2)5-6-12(13)3/h5-6,9,16H,4,7-8,10H2,1-3H3,(H,17,18). The molecule has 0 spiro atoms. The average molecular weight is 246 g/mol. The lowest BCUT2D eigenvalue weighted by Gasteiger charge is -2.25. The first-order valence-corrected chi connectivity index (χ1v) is 6.67. The quantitative estimate of drug-likeness (QED) is 0.861. The minimum absolute atomic E-state index is 0.156. The van der Waals surface area contributed by atoms with Crippen LogP contribution in [0.1, 0.15) is 30.9 Å². The lowest BCUT2D eigenvalue weighted by Crippen LogP contribution is -2.37. The number of benzene rings is 1. The summed E-state index contributed by atoms with van der Waals surface area (Å²) < 4.78 is 0. The van der Waals surface area contributed by atoms with Gasteiger partial charge in [-0.2, -0.15) is 0 Å². The molecule has 1 unspecified atom stereocenters. The first kappa shape index (κ1) is 13.1. The van der Waals surface area contributed by atoms with Gasteiger partial charge in [-0.05, 0) is 50.4 Å². The van der Waals surface area contributed by atoms with Crippen molar-refractivity contribution in [1.82, 2.24) is 5.32 Å². The van der Waals surface area contributed by atoms with Gasteiger partial charge in [-0.15, -0.1) is 0 Å². The molecule has 0 aliphatic carbocycles. The van der Waals surface area contributed by atoms with E-state index in [1.54, 1.807) is 0 Å². The topological polar surface area (TPSA) is 41.1 Å². The minimum Gasteiger partial charge on any atom is -0.325 e. The molecule has 18 heavy (non-hydrogen) atoms. The van der Waals surface area contributed by atoms with Crippen molar-refractivity contribution in [1.29, 1.82) is 0 Å². The van der Waals surface area contributed by atoms with Crippen LogP contribution in [0, 0.1) is 19.3 Å². The highest BCUT2D eigenvalue weighted by molar-refractivity contribution is 5.96. The van der Waals surface area contributed by atoms with Gasteiger partial charge in [0.25, 0.3) is 0 Å². The highest BCUT2D eigenvalue weighted by atomic mass is 16.2. The molecule has 1 atom stereocenters. The second-order valence-electron chi connectivity index (χ2n) is 5.33. The van der Waals surface area contributed by atoms with Crippen LogP contribution in [0.2, 0.25) is 0 Å². The Balaban J connectivity index is 2.18. The van der Waals surface area contributed by atoms with E-state index in [0.717, 1.165) is 37.2 Å². The predicted molar refractivity (Wildman–Crippen MR) is 74.8 cm³/mol. The molecule has 3 nitrogen and oxygen atoms in total. The second kappa shape index (κ2) is 5.11. The van der Waals surface area contributed by atoms with Crippen LogP contribution in [-0.2, 0) is 4.79 Å². The smallest absolute Gasteiger partial charge is 0.231 e. The molecule has 2 rings (SSSR count). The largest absolute Gasteiger partial charge is 0.325 e. The molecule has 1 saturated heterocycles. The second-order valence-corrected chi connectivity index (χ2v) is 5.33. The Bertz CT molecular complexity index is 448. The molecule has 3 heteroatoms. The molecule has 0 radical (unpaired) electrons. The Morgan fingerprint density at radius 3 is 2.83 bits per heavy atom. The fraction of sp³-hybridized carbons (Fsp3) is 0.533. The van der Waals surface area contributed by atoms with E-state index in [0.29, 0.717) is 0 Å². The summed E-state index contributed by atoms with van der Waals surface area (Å²) in [5.41, 5.74) is 3.01. The molecular formula is C15H22N2O. The third kappa shape index (κ3) is 2.41. The molecule has 1 aromatic carbocycles. The molecular weight excluding hydrogens is 224 g/mol. The summed E-state index contributed by atoms with van der Waals surface area (Å²) in [6.45, 7) is 7.90. The van der Waals surface area contributed by atoms with Gasteiger partial charge in [-0.25, -0.2) is 0 Å². The molecule has 0 saturated carbocycles. The zero-order valence-corrected chi connectivity index (χ0v) is 11.5. The van der Waals surface area contributed by atoms with Gasteiger partial charge in [0.2, 0.25) is 5.91 Å². The maximum atomic E-state index is 12.5. The van der Waals surface area contributed by atoms with Crippen LogP contribution >= 0.6 is 0 Å². The Hall–Kier alpha value is -1.35. The van der Waals surface area contributed by atoms with Crippen molar-refractivity contribution >= 4 is 11.6 Å². The zero-order chi connectivity index (χ0) is 13.2. The molecule has 0 bridgehead atoms. The number of nitrogens with one attached hydrogen (secondary N) is 2. The molecule has 1 heterocycles. The fourth-order valence-electron chi connectivity index (χ4n) is 2.53. The number of aryl methyl sites for hydroxylation is 2. The van der Waals surface area contributed by atoms with Crippen LogP contribution in [-0.4, -0.2) is 19.0 Å². The van der Waals surface area contributed by atoms with Crippen LogP contribution in [0.25, 0.3) is 0 Å². The van der Waals surface area contributed by atoms with Gasteiger partial charge in [-0.3, -0.25) is 4.79 Å². The molecule has 1 aromatic rings. The predicted octanol–water partition coefficient (Wildman–Crippen LogP) is 2.63. The number of carbonyl (C=O) groups is 1. The van der Waals surface area contributed by atoms with Crippen molar-refractivity contribution < 1.29 is 4.79 Å². The van der Waals surface area contributed by atoms with Crippen LogP contribution in [0.3, 0.4) is 0 Å². The maximum absolute atomic E-state index is 12.5. The average Bonchev–Trinajstić information content (AvgIpc) is 2.84. The van der Waals surface area contributed by atoms with Crippen molar-refractivity contribution in [3.8, 4) is 0 Å². The van der Waals surface area contributed by atoms with E-state index in [9.17, 15) is 4.79 Å². The van der Waals surface area contributed by atoms with Crippen molar-refractivity contribution in [3.63, 3.8) is 0 Å². The van der Waals surface area contributed by atoms with E-state index in [2.05, 4.69) is 29.7 Å². The SMILES string of the molecule is CCC1(C(=O)Nc2cc(C)ccc2C)CCNC1. The summed E-state index contributed by atoms with van der Waals surface area (Å²) in [6.07, 6.45) is 1.82. The molecule has 1 amide bonds. The number of anilines is 1. The Morgan fingerprint density at radius 2 is 2.22 bits per heavy atom. The molecule has 98 valence electrons. The van der Waals surface area contributed by atoms with Gasteiger partial charge in [0, 0.05) is 12.2 Å². The Labute approximate surface area is 109 Å². The molecule has 1 aliphatic rings. The third-order valence-corrected chi connectivity index (χ3v) is 4.04. The van der Waals surface area contributed by atoms with Crippen molar-refractivity contribution in [3.05, 3.63) is 29.3 Å². The Kier molecular flexibility index (Phi) is 3.71. The summed E-state index contributed by atoms with van der Waals surface area (Å²) in [6, 6.07) is 6.16. The normalized spacial score (nSPS) is 23.1. The van der Waals surface area contributed by atoms with Gasteiger partial charge >= 0.3 is 0 Å². The minimum atomic E-state index is -0.226. The number of rotatable bonds is 3. The zero-order valence-electron chi connectivity index (χ0n) is 11.5. The molecule has 1 fully saturated rings. The number of amides is 1. The van der Waals surface area contributed by atoms with Crippen LogP contribution < -0.4 is 10.6 Å². The van der Waals surface area contributed by atoms with Crippen molar-refractivity contribution in [2.75, 3.05) is 18.4 Å². The monoisotopic (exact) mass is 246 g/mol. The lowest BCUT2D eigenvalue weighted by molar-refractivity contribution is -0.124. The first-order chi connectivity index (χ1) is 8.57. The van der Waals surface area contributed by atoms with E-state index < -0.39 is 0 Å². The first-order valence-electron chi connectivity index (χ1n) is 6.67. The number of carbonyl (C=O) groups excluding carboxylic acids is 1. The summed E-state index contributed by atoms with van der Waals surface area (Å²) >= 11 is 0. The maximum Gasteiger partial charge on any atom is 0.231 e. The van der Waals surface area contributed by atoms with Crippen LogP contribution in [0.4, 0.5) is 5.69 Å². The summed E-state index contributed by atoms with van der Waals surface area (Å²) in [5.74, 6) is 0.156. The van der Waals surface area contributed by atoms with E-state index in [-0.39, 0.29) is 11.3 Å². The summed E-state index contributed by atoms with van der Waals surface area (Å²) in [5, 5.41) is 6.40. The third-order valence-electron chi connectivity index (χ3n) is 4.04.